The van der Waals surface area contributed by atoms with Crippen LogP contribution < -0.4 is 19.5 Å². The van der Waals surface area contributed by atoms with Crippen molar-refractivity contribution in [1.29, 1.82) is 0 Å². The van der Waals surface area contributed by atoms with Gasteiger partial charge in [-0.1, -0.05) is 0 Å². The van der Waals surface area contributed by atoms with E-state index in [2.05, 4.69) is 10.1 Å². The topological polar surface area (TPSA) is 103 Å². The highest BCUT2D eigenvalue weighted by Crippen LogP contribution is 2.42. The van der Waals surface area contributed by atoms with Crippen molar-refractivity contribution in [3.8, 4) is 17.2 Å². The number of benzene rings is 1. The summed E-state index contributed by atoms with van der Waals surface area (Å²) in [6.45, 7) is -0.378. The smallest absolute Gasteiger partial charge is 0.329 e. The van der Waals surface area contributed by atoms with Crippen LogP contribution in [0, 0.1) is 0 Å². The average Bonchev–Trinajstić information content (AvgIpc) is 3.14. The quantitative estimate of drug-likeness (QED) is 0.485. The number of hydrogen-bond acceptors (Lipinski definition) is 7. The first-order chi connectivity index (χ1) is 11.5. The Morgan fingerprint density at radius 2 is 2.12 bits per heavy atom. The summed E-state index contributed by atoms with van der Waals surface area (Å²) in [5, 5.41) is 2.41. The molecule has 1 saturated heterocycles. The number of nitrogens with zero attached hydrogens (tertiary/aromatic N) is 1. The van der Waals surface area contributed by atoms with Gasteiger partial charge in [-0.2, -0.15) is 0 Å². The lowest BCUT2D eigenvalue weighted by Gasteiger charge is -2.09. The molecule has 1 fully saturated rings. The molecule has 0 radical (unpaired) electrons. The normalized spacial score (nSPS) is 17.2. The number of hydrogen-bond donors (Lipinski definition) is 1. The number of ether oxygens (including phenoxy) is 4. The van der Waals surface area contributed by atoms with Gasteiger partial charge in [0.25, 0.3) is 5.91 Å². The van der Waals surface area contributed by atoms with E-state index in [4.69, 9.17) is 14.2 Å². The number of carbonyl (C=O) groups excluding carboxylic acids is 3. The minimum absolute atomic E-state index is 0.0322. The highest BCUT2D eigenvalue weighted by Gasteiger charge is 2.35. The highest BCUT2D eigenvalue weighted by atomic mass is 16.7. The van der Waals surface area contributed by atoms with E-state index >= 15 is 0 Å². The summed E-state index contributed by atoms with van der Waals surface area (Å²) in [6, 6.07) is 2.60. The first-order valence-electron chi connectivity index (χ1n) is 6.92. The van der Waals surface area contributed by atoms with Crippen LogP contribution in [0.15, 0.2) is 17.8 Å². The van der Waals surface area contributed by atoms with E-state index in [-0.39, 0.29) is 12.5 Å². The largest absolute Gasteiger partial charge is 0.493 e. The molecule has 9 nitrogen and oxygen atoms in total. The molecule has 9 heteroatoms. The van der Waals surface area contributed by atoms with Gasteiger partial charge in [-0.3, -0.25) is 9.59 Å². The summed E-state index contributed by atoms with van der Waals surface area (Å²) in [6.07, 6.45) is 1.46. The molecule has 1 N–H and O–H groups in total. The van der Waals surface area contributed by atoms with Crippen molar-refractivity contribution in [1.82, 2.24) is 10.2 Å². The molecule has 126 valence electrons. The number of amides is 3. The molecule has 0 aromatic heterocycles. The summed E-state index contributed by atoms with van der Waals surface area (Å²) in [5.41, 5.74) is 0.601. The third-order valence-corrected chi connectivity index (χ3v) is 3.47. The number of methoxy groups -OCH3 is 2. The van der Waals surface area contributed by atoms with Gasteiger partial charge in [-0.15, -0.1) is 0 Å². The fourth-order valence-corrected chi connectivity index (χ4v) is 2.31. The van der Waals surface area contributed by atoms with Gasteiger partial charge < -0.3 is 24.3 Å². The number of imide groups is 1. The van der Waals surface area contributed by atoms with Crippen LogP contribution in [0.5, 0.6) is 17.2 Å². The van der Waals surface area contributed by atoms with E-state index in [0.717, 1.165) is 4.90 Å². The first-order valence-corrected chi connectivity index (χ1v) is 6.92. The Labute approximate surface area is 136 Å². The van der Waals surface area contributed by atoms with Crippen molar-refractivity contribution in [3.05, 3.63) is 23.4 Å². The van der Waals surface area contributed by atoms with Gasteiger partial charge in [-0.25, -0.2) is 9.69 Å². The van der Waals surface area contributed by atoms with Crippen LogP contribution in [0.4, 0.5) is 4.79 Å². The fourth-order valence-electron chi connectivity index (χ4n) is 2.31. The predicted molar refractivity (Wildman–Crippen MR) is 79.4 cm³/mol. The maximum Gasteiger partial charge on any atom is 0.329 e. The summed E-state index contributed by atoms with van der Waals surface area (Å²) < 4.78 is 20.3. The number of rotatable bonds is 4. The third kappa shape index (κ3) is 2.71. The molecule has 0 spiro atoms. The van der Waals surface area contributed by atoms with Crippen molar-refractivity contribution < 1.29 is 33.3 Å². The molecule has 0 bridgehead atoms. The number of carbonyl (C=O) groups is 3. The van der Waals surface area contributed by atoms with Gasteiger partial charge >= 0.3 is 12.0 Å². The molecular formula is C15H14N2O7. The number of fused-ring (bicyclic) bond motifs is 1. The molecule has 0 atom stereocenters. The van der Waals surface area contributed by atoms with Crippen LogP contribution in [-0.4, -0.2) is 50.4 Å². The van der Waals surface area contributed by atoms with Crippen LogP contribution in [0.2, 0.25) is 0 Å². The summed E-state index contributed by atoms with van der Waals surface area (Å²) in [4.78, 5) is 36.1. The highest BCUT2D eigenvalue weighted by molar-refractivity contribution is 6.15. The number of nitrogens with one attached hydrogen (secondary N) is 1. The standard InChI is InChI=1S/C15H14N2O7/c1-21-10-4-8(5-11-13(10)24-7-23-11)3-9-14(19)17(15(20)16-9)6-12(18)22-2/h3-5H,6-7H2,1-2H3,(H,16,20). The minimum atomic E-state index is -0.690. The van der Waals surface area contributed by atoms with E-state index in [1.165, 1.54) is 20.3 Å². The van der Waals surface area contributed by atoms with E-state index in [1.54, 1.807) is 12.1 Å². The van der Waals surface area contributed by atoms with Gasteiger partial charge in [0.1, 0.15) is 12.2 Å². The van der Waals surface area contributed by atoms with Crippen LogP contribution in [0.3, 0.4) is 0 Å². The second-order valence-corrected chi connectivity index (χ2v) is 4.91. The van der Waals surface area contributed by atoms with Crippen LogP contribution in [-0.2, 0) is 14.3 Å². The number of urea groups is 1. The van der Waals surface area contributed by atoms with E-state index in [1.807, 2.05) is 0 Å². The van der Waals surface area contributed by atoms with Crippen LogP contribution in [0.25, 0.3) is 6.08 Å². The zero-order chi connectivity index (χ0) is 17.3. The molecule has 2 aliphatic heterocycles. The average molecular weight is 334 g/mol. The summed E-state index contributed by atoms with van der Waals surface area (Å²) in [5.74, 6) is 0.0877. The van der Waals surface area contributed by atoms with Gasteiger partial charge in [-0.05, 0) is 23.8 Å². The van der Waals surface area contributed by atoms with Gasteiger partial charge in [0, 0.05) is 0 Å². The Kier molecular flexibility index (Phi) is 3.98. The molecular weight excluding hydrogens is 320 g/mol. The zero-order valence-electron chi connectivity index (χ0n) is 13.0. The third-order valence-electron chi connectivity index (χ3n) is 3.47. The zero-order valence-corrected chi connectivity index (χ0v) is 13.0. The Morgan fingerprint density at radius 3 is 2.83 bits per heavy atom. The Hall–Kier alpha value is -3.23. The SMILES string of the molecule is COC(=O)CN1C(=O)NC(=Cc2cc(OC)c3c(c2)OCO3)C1=O. The van der Waals surface area contributed by atoms with Crippen molar-refractivity contribution in [3.63, 3.8) is 0 Å². The van der Waals surface area contributed by atoms with E-state index < -0.39 is 24.5 Å². The maximum atomic E-state index is 12.2. The number of esters is 1. The maximum absolute atomic E-state index is 12.2. The molecule has 0 saturated carbocycles. The monoisotopic (exact) mass is 334 g/mol. The van der Waals surface area contributed by atoms with Crippen LogP contribution >= 0.6 is 0 Å². The molecule has 2 heterocycles. The van der Waals surface area contributed by atoms with Crippen molar-refractivity contribution in [2.45, 2.75) is 0 Å². The lowest BCUT2D eigenvalue weighted by Crippen LogP contribution is -2.36. The lowest BCUT2D eigenvalue weighted by atomic mass is 10.1. The molecule has 3 amide bonds. The first kappa shape index (κ1) is 15.7. The molecule has 3 rings (SSSR count). The van der Waals surface area contributed by atoms with Gasteiger partial charge in [0.05, 0.1) is 14.2 Å². The molecule has 24 heavy (non-hydrogen) atoms. The molecule has 1 aromatic rings. The van der Waals surface area contributed by atoms with Gasteiger partial charge in [0.15, 0.2) is 11.5 Å². The van der Waals surface area contributed by atoms with Crippen molar-refractivity contribution in [2.75, 3.05) is 27.6 Å². The second-order valence-electron chi connectivity index (χ2n) is 4.91. The lowest BCUT2D eigenvalue weighted by molar-refractivity contribution is -0.143. The molecule has 2 aliphatic rings. The van der Waals surface area contributed by atoms with E-state index in [0.29, 0.717) is 22.8 Å². The van der Waals surface area contributed by atoms with Gasteiger partial charge in [0.2, 0.25) is 12.5 Å². The minimum Gasteiger partial charge on any atom is -0.493 e. The Morgan fingerprint density at radius 1 is 1.33 bits per heavy atom. The summed E-state index contributed by atoms with van der Waals surface area (Å²) in [7, 11) is 2.66. The van der Waals surface area contributed by atoms with Crippen LogP contribution in [0.1, 0.15) is 5.56 Å². The summed E-state index contributed by atoms with van der Waals surface area (Å²) >= 11 is 0. The predicted octanol–water partition coefficient (Wildman–Crippen LogP) is 0.490. The Bertz CT molecular complexity index is 756. The molecule has 1 aromatic carbocycles. The van der Waals surface area contributed by atoms with E-state index in [9.17, 15) is 14.4 Å². The molecule has 0 aliphatic carbocycles. The second kappa shape index (κ2) is 6.11. The fraction of sp³-hybridized carbons (Fsp3) is 0.267. The van der Waals surface area contributed by atoms with Crippen molar-refractivity contribution in [2.24, 2.45) is 0 Å². The Balaban J connectivity index is 1.88. The van der Waals surface area contributed by atoms with Crippen molar-refractivity contribution >= 4 is 24.0 Å². The molecule has 0 unspecified atom stereocenters.